The molecule has 98 valence electrons. The van der Waals surface area contributed by atoms with Crippen LogP contribution in [0.1, 0.15) is 18.8 Å². The highest BCUT2D eigenvalue weighted by Gasteiger charge is 2.62. The number of nitrogens with zero attached hydrogens (tertiary/aromatic N) is 2. The molecule has 0 bridgehead atoms. The van der Waals surface area contributed by atoms with Crippen LogP contribution < -0.4 is 5.73 Å². The minimum Gasteiger partial charge on any atom is -0.328 e. The number of imidazole rings is 1. The van der Waals surface area contributed by atoms with Gasteiger partial charge < -0.3 is 10.3 Å². The zero-order valence-corrected chi connectivity index (χ0v) is 9.01. The van der Waals surface area contributed by atoms with Crippen molar-refractivity contribution in [1.82, 2.24) is 9.55 Å². The summed E-state index contributed by atoms with van der Waals surface area (Å²) in [6.07, 6.45) is -3.13. The first kappa shape index (κ1) is 13.9. The van der Waals surface area contributed by atoms with Crippen molar-refractivity contribution in [3.8, 4) is 0 Å². The average molecular weight is 257 g/mol. The van der Waals surface area contributed by atoms with Gasteiger partial charge in [0.05, 0.1) is 0 Å². The van der Waals surface area contributed by atoms with Crippen molar-refractivity contribution in [2.45, 2.75) is 31.5 Å². The zero-order chi connectivity index (χ0) is 13.3. The van der Waals surface area contributed by atoms with Gasteiger partial charge in [-0.15, -0.1) is 0 Å². The molecule has 0 aliphatic rings. The van der Waals surface area contributed by atoms with Crippen molar-refractivity contribution < 1.29 is 22.0 Å². The summed E-state index contributed by atoms with van der Waals surface area (Å²) in [6.45, 7) is 0.786. The van der Waals surface area contributed by atoms with Crippen molar-refractivity contribution in [1.29, 1.82) is 0 Å². The summed E-state index contributed by atoms with van der Waals surface area (Å²) in [6, 6.07) is -2.17. The second-order valence-corrected chi connectivity index (χ2v) is 3.48. The minimum atomic E-state index is -5.63. The number of aryl methyl sites for hydroxylation is 1. The predicted molar refractivity (Wildman–Crippen MR) is 50.7 cm³/mol. The molecule has 0 saturated heterocycles. The van der Waals surface area contributed by atoms with Gasteiger partial charge in [-0.25, -0.2) is 4.98 Å². The number of aromatic nitrogens is 2. The van der Waals surface area contributed by atoms with E-state index in [1.807, 2.05) is 0 Å². The van der Waals surface area contributed by atoms with E-state index in [-0.39, 0.29) is 12.2 Å². The maximum absolute atomic E-state index is 13.2. The van der Waals surface area contributed by atoms with Gasteiger partial charge in [0.1, 0.15) is 11.9 Å². The molecule has 1 rings (SSSR count). The van der Waals surface area contributed by atoms with Gasteiger partial charge in [0, 0.05) is 25.4 Å². The second-order valence-electron chi connectivity index (χ2n) is 3.48. The largest absolute Gasteiger partial charge is 0.455 e. The summed E-state index contributed by atoms with van der Waals surface area (Å²) in [5.41, 5.74) is 5.04. The molecule has 0 aliphatic carbocycles. The lowest BCUT2D eigenvalue weighted by atomic mass is 10.1. The van der Waals surface area contributed by atoms with Crippen LogP contribution >= 0.6 is 0 Å². The van der Waals surface area contributed by atoms with Gasteiger partial charge >= 0.3 is 12.1 Å². The summed E-state index contributed by atoms with van der Waals surface area (Å²) < 4.78 is 64.0. The molecule has 0 spiro atoms. The van der Waals surface area contributed by atoms with Gasteiger partial charge in [0.2, 0.25) is 0 Å². The smallest absolute Gasteiger partial charge is 0.328 e. The number of rotatable bonds is 4. The van der Waals surface area contributed by atoms with Gasteiger partial charge in [0.25, 0.3) is 0 Å². The maximum atomic E-state index is 13.2. The lowest BCUT2D eigenvalue weighted by Gasteiger charge is -2.29. The van der Waals surface area contributed by atoms with E-state index in [1.54, 1.807) is 6.92 Å². The number of halogens is 5. The number of hydrogen-bond acceptors (Lipinski definition) is 2. The summed E-state index contributed by atoms with van der Waals surface area (Å²) in [7, 11) is 0. The molecule has 17 heavy (non-hydrogen) atoms. The van der Waals surface area contributed by atoms with Crippen molar-refractivity contribution in [3.63, 3.8) is 0 Å². The molecule has 0 saturated carbocycles. The Bertz CT molecular complexity index is 371. The molecule has 0 aliphatic heterocycles. The van der Waals surface area contributed by atoms with Gasteiger partial charge in [-0.05, 0) is 0 Å². The molecule has 1 heterocycles. The van der Waals surface area contributed by atoms with Crippen molar-refractivity contribution in [3.05, 3.63) is 18.2 Å². The van der Waals surface area contributed by atoms with E-state index in [0.717, 1.165) is 10.8 Å². The Balaban J connectivity index is 3.16. The Kier molecular flexibility index (Phi) is 3.75. The van der Waals surface area contributed by atoms with E-state index in [4.69, 9.17) is 5.73 Å². The first-order valence-corrected chi connectivity index (χ1v) is 4.92. The summed E-state index contributed by atoms with van der Waals surface area (Å²) in [5.74, 6) is -4.74. The van der Waals surface area contributed by atoms with Gasteiger partial charge in [-0.1, -0.05) is 6.92 Å². The Labute approximate surface area is 94.4 Å². The van der Waals surface area contributed by atoms with E-state index in [0.29, 0.717) is 0 Å². The number of hydrogen-bond donors (Lipinski definition) is 1. The molecule has 1 atom stereocenters. The van der Waals surface area contributed by atoms with E-state index >= 15 is 0 Å². The second kappa shape index (κ2) is 4.59. The monoisotopic (exact) mass is 257 g/mol. The fraction of sp³-hybridized carbons (Fsp3) is 0.667. The van der Waals surface area contributed by atoms with Gasteiger partial charge in [-0.3, -0.25) is 0 Å². The van der Waals surface area contributed by atoms with Crippen molar-refractivity contribution in [2.75, 3.05) is 6.54 Å². The lowest BCUT2D eigenvalue weighted by molar-refractivity contribution is -0.297. The van der Waals surface area contributed by atoms with E-state index < -0.39 is 24.7 Å². The third-order valence-electron chi connectivity index (χ3n) is 2.42. The first-order valence-electron chi connectivity index (χ1n) is 4.92. The molecule has 1 aromatic heterocycles. The number of nitrogens with two attached hydrogens (primary N) is 1. The zero-order valence-electron chi connectivity index (χ0n) is 9.01. The van der Waals surface area contributed by atoms with Gasteiger partial charge in [-0.2, -0.15) is 22.0 Å². The van der Waals surface area contributed by atoms with Crippen LogP contribution in [0.3, 0.4) is 0 Å². The highest BCUT2D eigenvalue weighted by Crippen LogP contribution is 2.43. The molecular weight excluding hydrogens is 245 g/mol. The Morgan fingerprint density at radius 1 is 1.35 bits per heavy atom. The molecule has 1 unspecified atom stereocenters. The standard InChI is InChI=1S/C9H12F5N3/c1-2-7-16-3-4-17(7)6(5-15)8(10,11)9(12,13)14/h3-4,6H,2,5,15H2,1H3. The molecule has 0 radical (unpaired) electrons. The molecule has 0 fully saturated rings. The molecular formula is C9H12F5N3. The maximum Gasteiger partial charge on any atom is 0.455 e. The predicted octanol–water partition coefficient (Wildman–Crippen LogP) is 2.14. The van der Waals surface area contributed by atoms with Crippen LogP contribution in [0, 0.1) is 0 Å². The number of alkyl halides is 5. The van der Waals surface area contributed by atoms with Crippen LogP contribution in [-0.4, -0.2) is 28.2 Å². The van der Waals surface area contributed by atoms with E-state index in [9.17, 15) is 22.0 Å². The molecule has 1 aromatic rings. The van der Waals surface area contributed by atoms with Crippen molar-refractivity contribution >= 4 is 0 Å². The van der Waals surface area contributed by atoms with Crippen LogP contribution in [0.5, 0.6) is 0 Å². The minimum absolute atomic E-state index is 0.143. The third-order valence-corrected chi connectivity index (χ3v) is 2.42. The molecule has 3 nitrogen and oxygen atoms in total. The average Bonchev–Trinajstić information content (AvgIpc) is 2.64. The van der Waals surface area contributed by atoms with Crippen LogP contribution in [0.4, 0.5) is 22.0 Å². The van der Waals surface area contributed by atoms with E-state index in [1.165, 1.54) is 6.20 Å². The fourth-order valence-electron chi connectivity index (χ4n) is 1.53. The summed E-state index contributed by atoms with van der Waals surface area (Å²) in [4.78, 5) is 3.71. The Morgan fingerprint density at radius 3 is 2.35 bits per heavy atom. The Morgan fingerprint density at radius 2 is 1.94 bits per heavy atom. The van der Waals surface area contributed by atoms with Crippen LogP contribution in [0.2, 0.25) is 0 Å². The lowest BCUT2D eigenvalue weighted by Crippen LogP contribution is -2.47. The SMILES string of the molecule is CCc1nccn1C(CN)C(F)(F)C(F)(F)F. The molecule has 2 N–H and O–H groups in total. The highest BCUT2D eigenvalue weighted by atomic mass is 19.4. The molecule has 8 heteroatoms. The Hall–Kier alpha value is -1.18. The van der Waals surface area contributed by atoms with Crippen LogP contribution in [0.15, 0.2) is 12.4 Å². The topological polar surface area (TPSA) is 43.8 Å². The van der Waals surface area contributed by atoms with Crippen LogP contribution in [0.25, 0.3) is 0 Å². The summed E-state index contributed by atoms with van der Waals surface area (Å²) in [5, 5.41) is 0. The van der Waals surface area contributed by atoms with E-state index in [2.05, 4.69) is 4.98 Å². The third kappa shape index (κ3) is 2.41. The normalized spacial score (nSPS) is 15.0. The highest BCUT2D eigenvalue weighted by molar-refractivity contribution is 5.00. The fourth-order valence-corrected chi connectivity index (χ4v) is 1.53. The summed E-state index contributed by atoms with van der Waals surface area (Å²) >= 11 is 0. The molecule has 0 aromatic carbocycles. The van der Waals surface area contributed by atoms with Crippen LogP contribution in [-0.2, 0) is 6.42 Å². The quantitative estimate of drug-likeness (QED) is 0.840. The van der Waals surface area contributed by atoms with Gasteiger partial charge in [0.15, 0.2) is 0 Å². The van der Waals surface area contributed by atoms with Crippen molar-refractivity contribution in [2.24, 2.45) is 5.73 Å². The first-order chi connectivity index (χ1) is 7.75. The molecule has 0 amide bonds.